The van der Waals surface area contributed by atoms with Gasteiger partial charge in [0.25, 0.3) is 0 Å². The fourth-order valence-corrected chi connectivity index (χ4v) is 4.66. The first-order valence-corrected chi connectivity index (χ1v) is 9.89. The molecule has 138 valence electrons. The second-order valence-electron chi connectivity index (χ2n) is 7.81. The van der Waals surface area contributed by atoms with Gasteiger partial charge in [-0.15, -0.1) is 0 Å². The molecule has 0 radical (unpaired) electrons. The second kappa shape index (κ2) is 7.70. The highest BCUT2D eigenvalue weighted by Crippen LogP contribution is 2.27. The van der Waals surface area contributed by atoms with Gasteiger partial charge in [-0.3, -0.25) is 19.7 Å². The van der Waals surface area contributed by atoms with Crippen molar-refractivity contribution in [3.63, 3.8) is 0 Å². The molecule has 1 amide bonds. The van der Waals surface area contributed by atoms with E-state index in [1.165, 1.54) is 31.2 Å². The monoisotopic (exact) mass is 352 g/mol. The summed E-state index contributed by atoms with van der Waals surface area (Å²) < 4.78 is 0. The van der Waals surface area contributed by atoms with Crippen molar-refractivity contribution in [2.75, 3.05) is 26.2 Å². The standard InChI is InChI=1S/C21H28N4O/c1-16(26)24-11-12-25(19-5-2-3-6-19)15-17(14-24)13-18-8-10-22-20-7-4-9-23-21(18)20/h4,7-10,17,19H,2-3,5-6,11-15H2,1H3/t17-/m1/s1. The number of nitrogens with zero attached hydrogens (tertiary/aromatic N) is 4. The third-order valence-corrected chi connectivity index (χ3v) is 6.00. The van der Waals surface area contributed by atoms with Gasteiger partial charge in [-0.1, -0.05) is 12.8 Å². The van der Waals surface area contributed by atoms with Gasteiger partial charge >= 0.3 is 0 Å². The maximum atomic E-state index is 12.1. The Labute approximate surface area is 155 Å². The molecule has 4 rings (SSSR count). The predicted molar refractivity (Wildman–Crippen MR) is 103 cm³/mol. The van der Waals surface area contributed by atoms with Crippen LogP contribution in [0.3, 0.4) is 0 Å². The van der Waals surface area contributed by atoms with E-state index in [2.05, 4.69) is 20.9 Å². The van der Waals surface area contributed by atoms with Gasteiger partial charge in [0, 0.05) is 51.5 Å². The van der Waals surface area contributed by atoms with E-state index in [-0.39, 0.29) is 5.91 Å². The Morgan fingerprint density at radius 1 is 1.12 bits per heavy atom. The summed E-state index contributed by atoms with van der Waals surface area (Å²) in [5.74, 6) is 0.635. The Morgan fingerprint density at radius 2 is 1.96 bits per heavy atom. The molecule has 1 aliphatic carbocycles. The van der Waals surface area contributed by atoms with Crippen molar-refractivity contribution in [1.82, 2.24) is 19.8 Å². The molecule has 0 aromatic carbocycles. The minimum Gasteiger partial charge on any atom is -0.341 e. The van der Waals surface area contributed by atoms with Gasteiger partial charge in [0.15, 0.2) is 0 Å². The van der Waals surface area contributed by atoms with E-state index in [1.54, 1.807) is 6.92 Å². The second-order valence-corrected chi connectivity index (χ2v) is 7.81. The van der Waals surface area contributed by atoms with E-state index in [9.17, 15) is 4.79 Å². The van der Waals surface area contributed by atoms with Gasteiger partial charge in [-0.2, -0.15) is 0 Å². The third-order valence-electron chi connectivity index (χ3n) is 6.00. The molecule has 2 aliphatic rings. The molecule has 0 unspecified atom stereocenters. The molecule has 2 fully saturated rings. The fourth-order valence-electron chi connectivity index (χ4n) is 4.66. The van der Waals surface area contributed by atoms with E-state index in [1.807, 2.05) is 29.4 Å². The molecule has 26 heavy (non-hydrogen) atoms. The van der Waals surface area contributed by atoms with Crippen LogP contribution in [0.2, 0.25) is 0 Å². The number of aromatic nitrogens is 2. The van der Waals surface area contributed by atoms with E-state index in [0.717, 1.165) is 43.6 Å². The van der Waals surface area contributed by atoms with Crippen molar-refractivity contribution < 1.29 is 4.79 Å². The van der Waals surface area contributed by atoms with E-state index < -0.39 is 0 Å². The zero-order chi connectivity index (χ0) is 17.9. The lowest BCUT2D eigenvalue weighted by molar-refractivity contribution is -0.129. The van der Waals surface area contributed by atoms with Crippen LogP contribution in [-0.2, 0) is 11.2 Å². The maximum absolute atomic E-state index is 12.1. The molecule has 0 N–H and O–H groups in total. The number of rotatable bonds is 3. The number of hydrogen-bond donors (Lipinski definition) is 0. The largest absolute Gasteiger partial charge is 0.341 e. The highest BCUT2D eigenvalue weighted by atomic mass is 16.2. The predicted octanol–water partition coefficient (Wildman–Crippen LogP) is 2.90. The molecule has 1 saturated carbocycles. The lowest BCUT2D eigenvalue weighted by Crippen LogP contribution is -2.38. The average Bonchev–Trinajstić information content (AvgIpc) is 3.10. The highest BCUT2D eigenvalue weighted by Gasteiger charge is 2.30. The number of carbonyl (C=O) groups is 1. The molecule has 5 heteroatoms. The van der Waals surface area contributed by atoms with Crippen molar-refractivity contribution >= 4 is 16.9 Å². The molecule has 2 aromatic rings. The Kier molecular flexibility index (Phi) is 5.16. The minimum atomic E-state index is 0.195. The van der Waals surface area contributed by atoms with Crippen LogP contribution in [0.5, 0.6) is 0 Å². The van der Waals surface area contributed by atoms with E-state index >= 15 is 0 Å². The van der Waals surface area contributed by atoms with Crippen LogP contribution in [-0.4, -0.2) is 57.9 Å². The van der Waals surface area contributed by atoms with Crippen LogP contribution >= 0.6 is 0 Å². The van der Waals surface area contributed by atoms with Crippen LogP contribution in [0.15, 0.2) is 30.6 Å². The van der Waals surface area contributed by atoms with Crippen LogP contribution in [0.4, 0.5) is 0 Å². The summed E-state index contributed by atoms with van der Waals surface area (Å²) in [6.45, 7) is 5.49. The van der Waals surface area contributed by atoms with Crippen molar-refractivity contribution in [1.29, 1.82) is 0 Å². The first-order chi connectivity index (χ1) is 12.7. The van der Waals surface area contributed by atoms with E-state index in [4.69, 9.17) is 0 Å². The van der Waals surface area contributed by atoms with Gasteiger partial charge in [0.2, 0.25) is 5.91 Å². The lowest BCUT2D eigenvalue weighted by Gasteiger charge is -2.29. The summed E-state index contributed by atoms with van der Waals surface area (Å²) in [6, 6.07) is 6.75. The Balaban J connectivity index is 1.57. The maximum Gasteiger partial charge on any atom is 0.219 e. The molecule has 1 atom stereocenters. The van der Waals surface area contributed by atoms with E-state index in [0.29, 0.717) is 12.0 Å². The summed E-state index contributed by atoms with van der Waals surface area (Å²) in [6.07, 6.45) is 9.99. The number of fused-ring (bicyclic) bond motifs is 1. The topological polar surface area (TPSA) is 49.3 Å². The number of amides is 1. The van der Waals surface area contributed by atoms with Gasteiger partial charge in [0.05, 0.1) is 11.0 Å². The molecule has 3 heterocycles. The summed E-state index contributed by atoms with van der Waals surface area (Å²) in [7, 11) is 0. The molecule has 2 aromatic heterocycles. The quantitative estimate of drug-likeness (QED) is 0.852. The first kappa shape index (κ1) is 17.4. The molecule has 1 aliphatic heterocycles. The third kappa shape index (κ3) is 3.73. The van der Waals surface area contributed by atoms with Crippen LogP contribution in [0.25, 0.3) is 11.0 Å². The molecule has 0 spiro atoms. The Morgan fingerprint density at radius 3 is 2.77 bits per heavy atom. The van der Waals surface area contributed by atoms with Crippen molar-refractivity contribution in [3.8, 4) is 0 Å². The number of pyridine rings is 2. The van der Waals surface area contributed by atoms with Gasteiger partial charge in [-0.25, -0.2) is 0 Å². The fraction of sp³-hybridized carbons (Fsp3) is 0.571. The number of carbonyl (C=O) groups excluding carboxylic acids is 1. The molecule has 1 saturated heterocycles. The Hall–Kier alpha value is -2.01. The summed E-state index contributed by atoms with van der Waals surface area (Å²) in [5.41, 5.74) is 3.20. The molecular weight excluding hydrogens is 324 g/mol. The summed E-state index contributed by atoms with van der Waals surface area (Å²) in [4.78, 5) is 25.8. The lowest BCUT2D eigenvalue weighted by atomic mass is 9.97. The average molecular weight is 352 g/mol. The SMILES string of the molecule is CC(=O)N1CCN(C2CCCC2)C[C@H](Cc2ccnc3cccnc23)C1. The summed E-state index contributed by atoms with van der Waals surface area (Å²) in [5, 5.41) is 0. The molecule has 5 nitrogen and oxygen atoms in total. The highest BCUT2D eigenvalue weighted by molar-refractivity contribution is 5.77. The zero-order valence-corrected chi connectivity index (χ0v) is 15.6. The molecular formula is C21H28N4O. The van der Waals surface area contributed by atoms with Gasteiger partial charge in [0.1, 0.15) is 0 Å². The normalized spacial score (nSPS) is 22.7. The van der Waals surface area contributed by atoms with Crippen LogP contribution < -0.4 is 0 Å². The smallest absolute Gasteiger partial charge is 0.219 e. The summed E-state index contributed by atoms with van der Waals surface area (Å²) >= 11 is 0. The van der Waals surface area contributed by atoms with Crippen molar-refractivity contribution in [3.05, 3.63) is 36.2 Å². The van der Waals surface area contributed by atoms with Gasteiger partial charge in [-0.05, 0) is 48.9 Å². The zero-order valence-electron chi connectivity index (χ0n) is 15.6. The minimum absolute atomic E-state index is 0.195. The van der Waals surface area contributed by atoms with Crippen LogP contribution in [0.1, 0.15) is 38.2 Å². The first-order valence-electron chi connectivity index (χ1n) is 9.89. The van der Waals surface area contributed by atoms with Crippen molar-refractivity contribution in [2.24, 2.45) is 5.92 Å². The Bertz CT molecular complexity index is 766. The molecule has 0 bridgehead atoms. The number of hydrogen-bond acceptors (Lipinski definition) is 4. The van der Waals surface area contributed by atoms with Gasteiger partial charge < -0.3 is 4.90 Å². The van der Waals surface area contributed by atoms with Crippen LogP contribution in [0, 0.1) is 5.92 Å². The van der Waals surface area contributed by atoms with Crippen molar-refractivity contribution in [2.45, 2.75) is 45.1 Å².